The van der Waals surface area contributed by atoms with Crippen LogP contribution in [0.4, 0.5) is 5.69 Å². The Morgan fingerprint density at radius 1 is 0.957 bits per heavy atom. The Kier molecular flexibility index (Phi) is 4.38. The van der Waals surface area contributed by atoms with Crippen molar-refractivity contribution in [2.75, 3.05) is 5.32 Å². The molecule has 23 heavy (non-hydrogen) atoms. The number of hydrogen-bond donors (Lipinski definition) is 1. The molecule has 0 aliphatic heterocycles. The largest absolute Gasteiger partial charge is 0.374 e. The first-order valence-electron chi connectivity index (χ1n) is 8.44. The average molecular weight is 303 g/mol. The van der Waals surface area contributed by atoms with Crippen LogP contribution in [-0.4, -0.2) is 6.04 Å². The number of hydrogen-bond acceptors (Lipinski definition) is 1. The minimum absolute atomic E-state index is 0.0910. The first-order chi connectivity index (χ1) is 11.1. The van der Waals surface area contributed by atoms with Crippen molar-refractivity contribution in [2.45, 2.75) is 39.2 Å². The summed E-state index contributed by atoms with van der Waals surface area (Å²) in [5.74, 6) is 0. The lowest BCUT2D eigenvalue weighted by Crippen LogP contribution is -2.17. The van der Waals surface area contributed by atoms with E-state index in [9.17, 15) is 0 Å². The normalized spacial score (nSPS) is 16.5. The molecule has 3 rings (SSSR count). The molecule has 0 heterocycles. The minimum atomic E-state index is 0.0910. The zero-order chi connectivity index (χ0) is 16.4. The van der Waals surface area contributed by atoms with Gasteiger partial charge < -0.3 is 5.32 Å². The maximum absolute atomic E-state index is 4.30. The predicted molar refractivity (Wildman–Crippen MR) is 102 cm³/mol. The zero-order valence-corrected chi connectivity index (χ0v) is 14.2. The highest BCUT2D eigenvalue weighted by atomic mass is 14.9. The van der Waals surface area contributed by atoms with E-state index in [0.717, 1.165) is 23.3 Å². The topological polar surface area (TPSA) is 12.0 Å². The van der Waals surface area contributed by atoms with Crippen molar-refractivity contribution in [3.63, 3.8) is 0 Å². The summed E-state index contributed by atoms with van der Waals surface area (Å²) in [6, 6.07) is 15.4. The van der Waals surface area contributed by atoms with Gasteiger partial charge >= 0.3 is 0 Å². The van der Waals surface area contributed by atoms with Gasteiger partial charge in [-0.1, -0.05) is 62.4 Å². The molecular weight excluding hydrogens is 278 g/mol. The Labute approximate surface area is 139 Å². The zero-order valence-electron chi connectivity index (χ0n) is 14.2. The quantitative estimate of drug-likeness (QED) is 0.729. The van der Waals surface area contributed by atoms with Gasteiger partial charge in [0.05, 0.1) is 6.04 Å². The van der Waals surface area contributed by atoms with E-state index >= 15 is 0 Å². The van der Waals surface area contributed by atoms with E-state index in [4.69, 9.17) is 0 Å². The van der Waals surface area contributed by atoms with Gasteiger partial charge in [0.2, 0.25) is 0 Å². The highest BCUT2D eigenvalue weighted by Gasteiger charge is 2.28. The van der Waals surface area contributed by atoms with Gasteiger partial charge in [0.1, 0.15) is 0 Å². The molecule has 0 radical (unpaired) electrons. The van der Waals surface area contributed by atoms with Crippen molar-refractivity contribution in [3.05, 3.63) is 77.9 Å². The molecule has 0 spiro atoms. The summed E-state index contributed by atoms with van der Waals surface area (Å²) < 4.78 is 0. The number of rotatable bonds is 5. The lowest BCUT2D eigenvalue weighted by atomic mass is 10.0. The van der Waals surface area contributed by atoms with Crippen LogP contribution in [0.2, 0.25) is 0 Å². The van der Waals surface area contributed by atoms with Crippen LogP contribution in [0.15, 0.2) is 55.6 Å². The second-order valence-electron chi connectivity index (χ2n) is 6.48. The highest BCUT2D eigenvalue weighted by molar-refractivity contribution is 5.98. The molecule has 118 valence electrons. The molecule has 1 nitrogen and oxygen atoms in total. The molecule has 0 fully saturated rings. The number of aryl methyl sites for hydroxylation is 2. The smallest absolute Gasteiger partial charge is 0.0768 e. The maximum atomic E-state index is 4.30. The monoisotopic (exact) mass is 303 g/mol. The number of fused-ring (bicyclic) bond motifs is 1. The molecule has 1 atom stereocenters. The van der Waals surface area contributed by atoms with E-state index in [1.165, 1.54) is 35.1 Å². The number of benzene rings is 2. The van der Waals surface area contributed by atoms with Gasteiger partial charge in [-0.3, -0.25) is 0 Å². The predicted octanol–water partition coefficient (Wildman–Crippen LogP) is 5.86. The molecule has 1 N–H and O–H groups in total. The summed E-state index contributed by atoms with van der Waals surface area (Å²) in [5.41, 5.74) is 8.47. The van der Waals surface area contributed by atoms with E-state index in [1.54, 1.807) is 0 Å². The summed E-state index contributed by atoms with van der Waals surface area (Å²) in [6.45, 7) is 12.9. The van der Waals surface area contributed by atoms with Crippen LogP contribution < -0.4 is 5.32 Å². The van der Waals surface area contributed by atoms with Crippen LogP contribution in [-0.2, 0) is 6.42 Å². The van der Waals surface area contributed by atoms with E-state index in [2.05, 4.69) is 74.8 Å². The molecule has 1 unspecified atom stereocenters. The molecule has 0 bridgehead atoms. The van der Waals surface area contributed by atoms with Crippen LogP contribution in [0.5, 0.6) is 0 Å². The van der Waals surface area contributed by atoms with Gasteiger partial charge in [-0.05, 0) is 59.7 Å². The van der Waals surface area contributed by atoms with Crippen molar-refractivity contribution in [1.29, 1.82) is 0 Å². The molecule has 2 aromatic carbocycles. The van der Waals surface area contributed by atoms with E-state index in [0.29, 0.717) is 0 Å². The van der Waals surface area contributed by atoms with Gasteiger partial charge in [0, 0.05) is 5.69 Å². The van der Waals surface area contributed by atoms with Crippen LogP contribution in [0.1, 0.15) is 42.0 Å². The molecule has 1 aliphatic carbocycles. The Morgan fingerprint density at radius 3 is 2.35 bits per heavy atom. The van der Waals surface area contributed by atoms with Gasteiger partial charge in [-0.2, -0.15) is 0 Å². The molecule has 0 saturated carbocycles. The van der Waals surface area contributed by atoms with E-state index < -0.39 is 0 Å². The van der Waals surface area contributed by atoms with Crippen molar-refractivity contribution in [2.24, 2.45) is 0 Å². The first-order valence-corrected chi connectivity index (χ1v) is 8.44. The van der Waals surface area contributed by atoms with Gasteiger partial charge in [-0.25, -0.2) is 0 Å². The Hall–Kier alpha value is -2.28. The number of unbranched alkanes of at least 4 members (excludes halogenated alkanes) is 1. The lowest BCUT2D eigenvalue weighted by molar-refractivity contribution is 0.795. The summed E-state index contributed by atoms with van der Waals surface area (Å²) in [5, 5.41) is 3.59. The van der Waals surface area contributed by atoms with Crippen molar-refractivity contribution < 1.29 is 0 Å². The first kappa shape index (κ1) is 15.6. The summed E-state index contributed by atoms with van der Waals surface area (Å²) in [7, 11) is 0. The third-order valence-electron chi connectivity index (χ3n) is 4.65. The van der Waals surface area contributed by atoms with Crippen LogP contribution in [0.25, 0.3) is 11.1 Å². The number of nitrogens with one attached hydrogen (secondary N) is 1. The van der Waals surface area contributed by atoms with Crippen LogP contribution in [0, 0.1) is 6.92 Å². The van der Waals surface area contributed by atoms with Gasteiger partial charge in [-0.15, -0.1) is 0 Å². The van der Waals surface area contributed by atoms with Gasteiger partial charge in [0.25, 0.3) is 0 Å². The molecule has 2 aromatic rings. The van der Waals surface area contributed by atoms with Crippen molar-refractivity contribution in [3.8, 4) is 0 Å². The number of anilines is 1. The Bertz CT molecular complexity index is 737. The standard InChI is InChI=1S/C22H25N/c1-5-6-7-18-9-11-19(12-10-18)23-22-16(3)20-13-8-15(2)14-21(20)17(22)4/h8-14,22-23H,3-7H2,1-2H3. The third kappa shape index (κ3) is 3.10. The summed E-state index contributed by atoms with van der Waals surface area (Å²) >= 11 is 0. The summed E-state index contributed by atoms with van der Waals surface area (Å²) in [4.78, 5) is 0. The molecular formula is C22H25N. The van der Waals surface area contributed by atoms with Crippen molar-refractivity contribution in [1.82, 2.24) is 0 Å². The van der Waals surface area contributed by atoms with Crippen LogP contribution >= 0.6 is 0 Å². The van der Waals surface area contributed by atoms with Crippen LogP contribution in [0.3, 0.4) is 0 Å². The SMILES string of the molecule is C=C1c2ccc(C)cc2C(=C)C1Nc1ccc(CCCC)cc1. The minimum Gasteiger partial charge on any atom is -0.374 e. The lowest BCUT2D eigenvalue weighted by Gasteiger charge is -2.17. The fraction of sp³-hybridized carbons (Fsp3) is 0.273. The fourth-order valence-electron chi connectivity index (χ4n) is 3.21. The highest BCUT2D eigenvalue weighted by Crippen LogP contribution is 2.40. The Balaban J connectivity index is 1.76. The fourth-order valence-corrected chi connectivity index (χ4v) is 3.21. The Morgan fingerprint density at radius 2 is 1.65 bits per heavy atom. The second-order valence-corrected chi connectivity index (χ2v) is 6.48. The molecule has 1 aliphatic rings. The van der Waals surface area contributed by atoms with Crippen molar-refractivity contribution >= 4 is 16.8 Å². The molecule has 1 heteroatoms. The average Bonchev–Trinajstić information content (AvgIpc) is 2.79. The maximum Gasteiger partial charge on any atom is 0.0768 e. The second kappa shape index (κ2) is 6.45. The summed E-state index contributed by atoms with van der Waals surface area (Å²) in [6.07, 6.45) is 3.64. The molecule has 0 amide bonds. The van der Waals surface area contributed by atoms with E-state index in [1.807, 2.05) is 0 Å². The molecule has 0 aromatic heterocycles. The van der Waals surface area contributed by atoms with E-state index in [-0.39, 0.29) is 6.04 Å². The third-order valence-corrected chi connectivity index (χ3v) is 4.65. The molecule has 0 saturated heterocycles. The van der Waals surface area contributed by atoms with Gasteiger partial charge in [0.15, 0.2) is 0 Å².